The maximum atomic E-state index is 13.7. The Hall–Kier alpha value is -2.29. The Balaban J connectivity index is 2.43. The number of nitrogens with zero attached hydrogens (tertiary/aromatic N) is 2. The number of carbonyl (C=O) groups is 2. The number of anilines is 1. The van der Waals surface area contributed by atoms with Crippen molar-refractivity contribution in [1.82, 2.24) is 10.2 Å². The van der Waals surface area contributed by atoms with Crippen molar-refractivity contribution in [3.63, 3.8) is 0 Å². The third-order valence-electron chi connectivity index (χ3n) is 5.67. The van der Waals surface area contributed by atoms with Crippen LogP contribution >= 0.6 is 23.2 Å². The van der Waals surface area contributed by atoms with Gasteiger partial charge in [0.15, 0.2) is 0 Å². The van der Waals surface area contributed by atoms with Crippen molar-refractivity contribution in [2.45, 2.75) is 52.6 Å². The van der Waals surface area contributed by atoms with Crippen LogP contribution in [0.15, 0.2) is 42.5 Å². The highest BCUT2D eigenvalue weighted by atomic mass is 35.5. The molecule has 2 aromatic carbocycles. The Kier molecular flexibility index (Phi) is 10.9. The molecular weight excluding hydrogens is 509 g/mol. The Morgan fingerprint density at radius 3 is 2.29 bits per heavy atom. The molecule has 0 saturated heterocycles. The van der Waals surface area contributed by atoms with Crippen molar-refractivity contribution < 1.29 is 18.0 Å². The van der Waals surface area contributed by atoms with Crippen molar-refractivity contribution in [3.8, 4) is 0 Å². The largest absolute Gasteiger partial charge is 0.354 e. The molecule has 1 atom stereocenters. The molecule has 0 radical (unpaired) electrons. The third kappa shape index (κ3) is 8.12. The van der Waals surface area contributed by atoms with Crippen LogP contribution in [-0.2, 0) is 26.2 Å². The summed E-state index contributed by atoms with van der Waals surface area (Å²) in [4.78, 5) is 28.1. The number of unbranched alkanes of at least 4 members (excludes halogenated alkanes) is 1. The fourth-order valence-electron chi connectivity index (χ4n) is 3.67. The number of amides is 2. The summed E-state index contributed by atoms with van der Waals surface area (Å²) in [6, 6.07) is 11.1. The monoisotopic (exact) mass is 541 g/mol. The first kappa shape index (κ1) is 28.9. The van der Waals surface area contributed by atoms with Gasteiger partial charge in [-0.2, -0.15) is 0 Å². The Morgan fingerprint density at radius 2 is 1.71 bits per heavy atom. The van der Waals surface area contributed by atoms with Crippen LogP contribution in [0.1, 0.15) is 44.2 Å². The molecule has 0 aromatic heterocycles. The first-order valence-electron chi connectivity index (χ1n) is 11.5. The number of rotatable bonds is 12. The van der Waals surface area contributed by atoms with Crippen molar-refractivity contribution in [1.29, 1.82) is 0 Å². The van der Waals surface area contributed by atoms with Gasteiger partial charge in [-0.15, -0.1) is 0 Å². The van der Waals surface area contributed by atoms with E-state index in [0.29, 0.717) is 34.3 Å². The van der Waals surface area contributed by atoms with E-state index in [1.807, 2.05) is 13.8 Å². The van der Waals surface area contributed by atoms with Gasteiger partial charge in [0.25, 0.3) is 0 Å². The maximum absolute atomic E-state index is 13.7. The highest BCUT2D eigenvalue weighted by Crippen LogP contribution is 2.28. The minimum absolute atomic E-state index is 0.127. The Labute approximate surface area is 218 Å². The summed E-state index contributed by atoms with van der Waals surface area (Å²) >= 11 is 12.2. The molecule has 0 heterocycles. The average Bonchev–Trinajstić information content (AvgIpc) is 2.80. The minimum atomic E-state index is -3.83. The lowest BCUT2D eigenvalue weighted by atomic mass is 10.1. The Morgan fingerprint density at radius 1 is 1.06 bits per heavy atom. The first-order chi connectivity index (χ1) is 16.5. The summed E-state index contributed by atoms with van der Waals surface area (Å²) in [6.45, 7) is 5.71. The fourth-order valence-corrected chi connectivity index (χ4v) is 4.87. The molecule has 0 unspecified atom stereocenters. The lowest BCUT2D eigenvalue weighted by Crippen LogP contribution is -2.52. The predicted octanol–water partition coefficient (Wildman–Crippen LogP) is 4.79. The summed E-state index contributed by atoms with van der Waals surface area (Å²) in [6.07, 6.45) is 3.15. The van der Waals surface area contributed by atoms with Gasteiger partial charge in [0.05, 0.1) is 11.9 Å². The zero-order valence-electron chi connectivity index (χ0n) is 20.6. The van der Waals surface area contributed by atoms with Gasteiger partial charge >= 0.3 is 0 Å². The smallest absolute Gasteiger partial charge is 0.244 e. The van der Waals surface area contributed by atoms with Crippen molar-refractivity contribution in [2.24, 2.45) is 0 Å². The number of carbonyl (C=O) groups excluding carboxylic acids is 2. The standard InChI is InChI=1S/C25H33Cl2N3O4S/c1-5-7-15-28-25(32)22(6-2)29(16-19-11-13-20(26)14-12-19)24(31)17-30(35(4,33)34)23-10-8-9-21(27)18(23)3/h8-14,22H,5-7,15-17H2,1-4H3,(H,28,32)/t22-/m0/s1. The van der Waals surface area contributed by atoms with Gasteiger partial charge < -0.3 is 10.2 Å². The number of nitrogens with one attached hydrogen (secondary N) is 1. The summed E-state index contributed by atoms with van der Waals surface area (Å²) in [5.41, 5.74) is 1.63. The second-order valence-electron chi connectivity index (χ2n) is 8.37. The average molecular weight is 543 g/mol. The van der Waals surface area contributed by atoms with Gasteiger partial charge in [-0.05, 0) is 55.2 Å². The van der Waals surface area contributed by atoms with Crippen LogP contribution < -0.4 is 9.62 Å². The molecule has 0 bridgehead atoms. The minimum Gasteiger partial charge on any atom is -0.354 e. The molecule has 0 saturated carbocycles. The van der Waals surface area contributed by atoms with Crippen LogP contribution in [0.25, 0.3) is 0 Å². The van der Waals surface area contributed by atoms with Gasteiger partial charge in [-0.1, -0.05) is 61.7 Å². The lowest BCUT2D eigenvalue weighted by Gasteiger charge is -2.33. The maximum Gasteiger partial charge on any atom is 0.244 e. The van der Waals surface area contributed by atoms with E-state index >= 15 is 0 Å². The second-order valence-corrected chi connectivity index (χ2v) is 11.1. The van der Waals surface area contributed by atoms with E-state index in [1.165, 1.54) is 4.90 Å². The Bertz CT molecular complexity index is 1120. The molecule has 2 rings (SSSR count). The predicted molar refractivity (Wildman–Crippen MR) is 142 cm³/mol. The topological polar surface area (TPSA) is 86.8 Å². The molecule has 35 heavy (non-hydrogen) atoms. The summed E-state index contributed by atoms with van der Waals surface area (Å²) in [5, 5.41) is 3.84. The zero-order chi connectivity index (χ0) is 26.2. The van der Waals surface area contributed by atoms with Gasteiger partial charge in [0.2, 0.25) is 21.8 Å². The molecule has 2 aromatic rings. The molecule has 2 amide bonds. The SMILES string of the molecule is CCCCNC(=O)[C@H](CC)N(Cc1ccc(Cl)cc1)C(=O)CN(c1cccc(Cl)c1C)S(C)(=O)=O. The van der Waals surface area contributed by atoms with Crippen molar-refractivity contribution in [3.05, 3.63) is 63.6 Å². The van der Waals surface area contributed by atoms with Crippen LogP contribution in [0.4, 0.5) is 5.69 Å². The molecule has 0 spiro atoms. The molecule has 1 N–H and O–H groups in total. The van der Waals surface area contributed by atoms with Gasteiger partial charge in [0, 0.05) is 23.1 Å². The van der Waals surface area contributed by atoms with Gasteiger partial charge in [0.1, 0.15) is 12.6 Å². The highest BCUT2D eigenvalue weighted by Gasteiger charge is 2.32. The third-order valence-corrected chi connectivity index (χ3v) is 7.46. The van der Waals surface area contributed by atoms with Gasteiger partial charge in [-0.3, -0.25) is 13.9 Å². The summed E-state index contributed by atoms with van der Waals surface area (Å²) in [7, 11) is -3.83. The normalized spacial score (nSPS) is 12.2. The summed E-state index contributed by atoms with van der Waals surface area (Å²) in [5.74, 6) is -0.768. The molecule has 0 aliphatic carbocycles. The van der Waals surface area contributed by atoms with E-state index in [-0.39, 0.29) is 12.5 Å². The van der Waals surface area contributed by atoms with Crippen molar-refractivity contribution in [2.75, 3.05) is 23.7 Å². The molecule has 10 heteroatoms. The van der Waals surface area contributed by atoms with Crippen LogP contribution in [-0.4, -0.2) is 50.5 Å². The van der Waals surface area contributed by atoms with E-state index in [9.17, 15) is 18.0 Å². The number of benzene rings is 2. The van der Waals surface area contributed by atoms with E-state index in [2.05, 4.69) is 5.32 Å². The van der Waals surface area contributed by atoms with E-state index in [4.69, 9.17) is 23.2 Å². The quantitative estimate of drug-likeness (QED) is 0.391. The number of halogens is 2. The first-order valence-corrected chi connectivity index (χ1v) is 14.1. The van der Waals surface area contributed by atoms with Crippen molar-refractivity contribution >= 4 is 50.7 Å². The number of sulfonamides is 1. The molecule has 0 aliphatic heterocycles. The van der Waals surface area contributed by atoms with Crippen LogP contribution in [0, 0.1) is 6.92 Å². The molecule has 7 nitrogen and oxygen atoms in total. The van der Waals surface area contributed by atoms with Crippen LogP contribution in [0.3, 0.4) is 0 Å². The highest BCUT2D eigenvalue weighted by molar-refractivity contribution is 7.92. The zero-order valence-corrected chi connectivity index (χ0v) is 22.9. The van der Waals surface area contributed by atoms with Gasteiger partial charge in [-0.25, -0.2) is 8.42 Å². The molecule has 0 aliphatic rings. The summed E-state index contributed by atoms with van der Waals surface area (Å²) < 4.78 is 26.5. The van der Waals surface area contributed by atoms with E-state index in [0.717, 1.165) is 29.0 Å². The van der Waals surface area contributed by atoms with Crippen LogP contribution in [0.2, 0.25) is 10.0 Å². The van der Waals surface area contributed by atoms with Crippen LogP contribution in [0.5, 0.6) is 0 Å². The lowest BCUT2D eigenvalue weighted by molar-refractivity contribution is -0.140. The fraction of sp³-hybridized carbons (Fsp3) is 0.440. The van der Waals surface area contributed by atoms with E-state index < -0.39 is 28.5 Å². The number of hydrogen-bond acceptors (Lipinski definition) is 4. The molecular formula is C25H33Cl2N3O4S. The van der Waals surface area contributed by atoms with E-state index in [1.54, 1.807) is 49.4 Å². The molecule has 0 fully saturated rings. The second kappa shape index (κ2) is 13.1. The molecule has 192 valence electrons. The number of hydrogen-bond donors (Lipinski definition) is 1.